The number of rotatable bonds is 5. The lowest BCUT2D eigenvalue weighted by molar-refractivity contribution is -0.388. The summed E-state index contributed by atoms with van der Waals surface area (Å²) in [6.07, 6.45) is 1.93. The second kappa shape index (κ2) is 5.89. The van der Waals surface area contributed by atoms with Gasteiger partial charge in [-0.2, -0.15) is 5.10 Å². The number of hydrogen-bond donors (Lipinski definition) is 0. The minimum absolute atomic E-state index is 0.0279. The average Bonchev–Trinajstić information content (AvgIpc) is 3.09. The molecule has 11 heteroatoms. The molecule has 2 aromatic rings. The van der Waals surface area contributed by atoms with Crippen LogP contribution < -0.4 is 4.90 Å². The molecule has 9 nitrogen and oxygen atoms in total. The van der Waals surface area contributed by atoms with Crippen molar-refractivity contribution in [3.8, 4) is 0 Å². The van der Waals surface area contributed by atoms with E-state index >= 15 is 0 Å². The van der Waals surface area contributed by atoms with Crippen LogP contribution in [0.2, 0.25) is 0 Å². The van der Waals surface area contributed by atoms with Gasteiger partial charge in [0.2, 0.25) is 11.0 Å². The van der Waals surface area contributed by atoms with Crippen molar-refractivity contribution >= 4 is 39.8 Å². The van der Waals surface area contributed by atoms with Gasteiger partial charge in [-0.25, -0.2) is 0 Å². The molecule has 3 rings (SSSR count). The molecule has 122 valence electrons. The van der Waals surface area contributed by atoms with Gasteiger partial charge in [-0.3, -0.25) is 24.5 Å². The van der Waals surface area contributed by atoms with E-state index < -0.39 is 4.92 Å². The van der Waals surface area contributed by atoms with E-state index in [1.807, 2.05) is 0 Å². The molecule has 23 heavy (non-hydrogen) atoms. The molecule has 1 amide bonds. The number of hydrogen-bond acceptors (Lipinski definition) is 8. The van der Waals surface area contributed by atoms with Gasteiger partial charge in [0.15, 0.2) is 9.37 Å². The van der Waals surface area contributed by atoms with Crippen molar-refractivity contribution in [1.82, 2.24) is 20.0 Å². The van der Waals surface area contributed by atoms with Crippen LogP contribution >= 0.6 is 23.1 Å². The van der Waals surface area contributed by atoms with Gasteiger partial charge < -0.3 is 0 Å². The van der Waals surface area contributed by atoms with Crippen LogP contribution in [0.5, 0.6) is 0 Å². The van der Waals surface area contributed by atoms with Crippen molar-refractivity contribution in [1.29, 1.82) is 0 Å². The molecular formula is C12H14N6O3S2. The Kier molecular flexibility index (Phi) is 4.06. The highest BCUT2D eigenvalue weighted by Gasteiger charge is 2.34. The Morgan fingerprint density at radius 2 is 2.17 bits per heavy atom. The van der Waals surface area contributed by atoms with Crippen LogP contribution in [0.25, 0.3) is 0 Å². The summed E-state index contributed by atoms with van der Waals surface area (Å²) >= 11 is 2.39. The number of nitro groups is 1. The first-order chi connectivity index (χ1) is 10.9. The molecule has 0 radical (unpaired) electrons. The van der Waals surface area contributed by atoms with E-state index in [9.17, 15) is 14.9 Å². The van der Waals surface area contributed by atoms with Crippen LogP contribution in [-0.4, -0.2) is 36.9 Å². The molecule has 0 atom stereocenters. The number of aryl methyl sites for hydroxylation is 2. The van der Waals surface area contributed by atoms with Crippen LogP contribution in [0.4, 0.5) is 10.8 Å². The number of carbonyl (C=O) groups excluding carboxylic acids is 1. The fraction of sp³-hybridized carbons (Fsp3) is 0.500. The Labute approximate surface area is 139 Å². The zero-order valence-electron chi connectivity index (χ0n) is 12.7. The summed E-state index contributed by atoms with van der Waals surface area (Å²) in [5.41, 5.74) is 0.327. The van der Waals surface area contributed by atoms with Gasteiger partial charge in [-0.05, 0) is 31.5 Å². The third kappa shape index (κ3) is 3.06. The SMILES string of the molecule is CC(=O)N(c1nnc(Sc2c([N+](=O)[O-])c(C)nn2C)s1)C1CC1. The second-order valence-corrected chi connectivity index (χ2v) is 7.38. The van der Waals surface area contributed by atoms with E-state index in [-0.39, 0.29) is 17.6 Å². The first-order valence-corrected chi connectivity index (χ1v) is 8.51. The standard InChI is InChI=1S/C12H14N6O3S2/c1-6-9(18(20)21)10(16(3)15-6)22-12-14-13-11(23-12)17(7(2)19)8-4-5-8/h8H,4-5H2,1-3H3. The van der Waals surface area contributed by atoms with Crippen molar-refractivity contribution in [3.63, 3.8) is 0 Å². The predicted octanol–water partition coefficient (Wildman–Crippen LogP) is 2.15. The molecule has 1 aliphatic rings. The monoisotopic (exact) mass is 354 g/mol. The van der Waals surface area contributed by atoms with E-state index in [2.05, 4.69) is 15.3 Å². The van der Waals surface area contributed by atoms with E-state index in [4.69, 9.17) is 0 Å². The molecule has 2 heterocycles. The molecule has 0 spiro atoms. The molecule has 0 aromatic carbocycles. The van der Waals surface area contributed by atoms with Gasteiger partial charge in [0, 0.05) is 20.0 Å². The van der Waals surface area contributed by atoms with Crippen LogP contribution in [0.15, 0.2) is 9.37 Å². The van der Waals surface area contributed by atoms with E-state index in [0.29, 0.717) is 20.2 Å². The summed E-state index contributed by atoms with van der Waals surface area (Å²) < 4.78 is 2.00. The Bertz CT molecular complexity index is 782. The quantitative estimate of drug-likeness (QED) is 0.460. The maximum absolute atomic E-state index is 11.7. The van der Waals surface area contributed by atoms with Gasteiger partial charge in [0.05, 0.1) is 4.92 Å². The smallest absolute Gasteiger partial charge is 0.284 e. The van der Waals surface area contributed by atoms with Crippen LogP contribution in [-0.2, 0) is 11.8 Å². The average molecular weight is 354 g/mol. The minimum atomic E-state index is -0.446. The molecule has 1 saturated carbocycles. The highest BCUT2D eigenvalue weighted by Crippen LogP contribution is 2.40. The van der Waals surface area contributed by atoms with Crippen LogP contribution in [0, 0.1) is 17.0 Å². The molecule has 1 fully saturated rings. The highest BCUT2D eigenvalue weighted by atomic mass is 32.2. The molecule has 0 N–H and O–H groups in total. The van der Waals surface area contributed by atoms with Crippen molar-refractivity contribution < 1.29 is 9.72 Å². The maximum atomic E-state index is 11.7. The zero-order chi connectivity index (χ0) is 16.7. The first-order valence-electron chi connectivity index (χ1n) is 6.87. The lowest BCUT2D eigenvalue weighted by Gasteiger charge is -2.15. The Balaban J connectivity index is 1.88. The van der Waals surface area contributed by atoms with E-state index in [1.54, 1.807) is 18.9 Å². The third-order valence-electron chi connectivity index (χ3n) is 3.36. The molecule has 1 aliphatic carbocycles. The third-order valence-corrected chi connectivity index (χ3v) is 5.48. The largest absolute Gasteiger partial charge is 0.324 e. The van der Waals surface area contributed by atoms with E-state index in [0.717, 1.165) is 24.6 Å². The Morgan fingerprint density at radius 1 is 1.48 bits per heavy atom. The summed E-state index contributed by atoms with van der Waals surface area (Å²) in [5.74, 6) is -0.0671. The first kappa shape index (κ1) is 15.9. The Hall–Kier alpha value is -2.01. The predicted molar refractivity (Wildman–Crippen MR) is 84.8 cm³/mol. The van der Waals surface area contributed by atoms with Crippen molar-refractivity contribution in [3.05, 3.63) is 15.8 Å². The highest BCUT2D eigenvalue weighted by molar-refractivity contribution is 8.01. The second-order valence-electron chi connectivity index (χ2n) is 5.19. The van der Waals surface area contributed by atoms with Crippen LogP contribution in [0.3, 0.4) is 0 Å². The van der Waals surface area contributed by atoms with Gasteiger partial charge >= 0.3 is 5.69 Å². The number of aromatic nitrogens is 4. The maximum Gasteiger partial charge on any atom is 0.324 e. The zero-order valence-corrected chi connectivity index (χ0v) is 14.3. The van der Waals surface area contributed by atoms with Gasteiger partial charge in [0.1, 0.15) is 5.69 Å². The molecule has 2 aromatic heterocycles. The van der Waals surface area contributed by atoms with Crippen molar-refractivity contribution in [2.75, 3.05) is 4.90 Å². The lowest BCUT2D eigenvalue weighted by atomic mass is 10.4. The molecule has 0 saturated heterocycles. The van der Waals surface area contributed by atoms with Crippen molar-refractivity contribution in [2.45, 2.75) is 42.1 Å². The summed E-state index contributed by atoms with van der Waals surface area (Å²) in [6.45, 7) is 3.10. The topological polar surface area (TPSA) is 107 Å². The summed E-state index contributed by atoms with van der Waals surface area (Å²) in [6, 6.07) is 0.201. The van der Waals surface area contributed by atoms with Gasteiger partial charge in [-0.1, -0.05) is 11.3 Å². The van der Waals surface area contributed by atoms with Gasteiger partial charge in [-0.15, -0.1) is 10.2 Å². The normalized spacial score (nSPS) is 14.0. The number of amides is 1. The lowest BCUT2D eigenvalue weighted by Crippen LogP contribution is -2.30. The van der Waals surface area contributed by atoms with E-state index in [1.165, 1.54) is 22.9 Å². The molecule has 0 aliphatic heterocycles. The molecule has 0 bridgehead atoms. The Morgan fingerprint density at radius 3 is 2.74 bits per heavy atom. The molecular weight excluding hydrogens is 340 g/mol. The summed E-state index contributed by atoms with van der Waals surface area (Å²) in [7, 11) is 1.65. The number of nitrogens with zero attached hydrogens (tertiary/aromatic N) is 6. The summed E-state index contributed by atoms with van der Waals surface area (Å²) in [4.78, 5) is 24.1. The number of carbonyl (C=O) groups is 1. The minimum Gasteiger partial charge on any atom is -0.284 e. The fourth-order valence-electron chi connectivity index (χ4n) is 2.25. The summed E-state index contributed by atoms with van der Waals surface area (Å²) in [5, 5.41) is 24.3. The number of anilines is 1. The van der Waals surface area contributed by atoms with Crippen molar-refractivity contribution in [2.24, 2.45) is 7.05 Å². The van der Waals surface area contributed by atoms with Gasteiger partial charge in [0.25, 0.3) is 0 Å². The van der Waals surface area contributed by atoms with Crippen LogP contribution in [0.1, 0.15) is 25.5 Å². The fourth-order valence-corrected chi connectivity index (χ4v) is 4.32. The molecule has 0 unspecified atom stereocenters.